The smallest absolute Gasteiger partial charge is 0.223 e. The number of ketones is 1. The molecule has 0 spiro atoms. The lowest BCUT2D eigenvalue weighted by Crippen LogP contribution is -2.36. The number of carbonyl (C=O) groups excluding carboxylic acids is 3. The Kier molecular flexibility index (Phi) is 5.71. The van der Waals surface area contributed by atoms with Crippen LogP contribution in [0.25, 0.3) is 0 Å². The molecular formula is C16H22N2O3S. The Labute approximate surface area is 134 Å². The number of carbonyl (C=O) groups is 3. The first-order chi connectivity index (χ1) is 10.5. The molecule has 0 aromatic carbocycles. The summed E-state index contributed by atoms with van der Waals surface area (Å²) in [6, 6.07) is 3.74. The first-order valence-corrected chi connectivity index (χ1v) is 8.42. The quantitative estimate of drug-likeness (QED) is 0.798. The Balaban J connectivity index is 1.82. The number of aryl methyl sites for hydroxylation is 1. The standard InChI is InChI=1S/C16H22N2O3S/c1-12-4-6-15(22-12)14(20)5-7-16(21)18-9-3-8-17(10-11-18)13(2)19/h4,6H,3,5,7-11H2,1-2H3. The van der Waals surface area contributed by atoms with Crippen molar-refractivity contribution in [2.45, 2.75) is 33.1 Å². The summed E-state index contributed by atoms with van der Waals surface area (Å²) in [5.74, 6) is 0.0937. The molecule has 1 aliphatic rings. The Bertz CT molecular complexity index is 567. The summed E-state index contributed by atoms with van der Waals surface area (Å²) < 4.78 is 0. The minimum atomic E-state index is 0.00651. The summed E-state index contributed by atoms with van der Waals surface area (Å²) in [6.45, 7) is 6.02. The fraction of sp³-hybridized carbons (Fsp3) is 0.562. The highest BCUT2D eigenvalue weighted by atomic mass is 32.1. The molecule has 1 fully saturated rings. The van der Waals surface area contributed by atoms with Gasteiger partial charge in [0.15, 0.2) is 5.78 Å². The van der Waals surface area contributed by atoms with E-state index < -0.39 is 0 Å². The zero-order valence-electron chi connectivity index (χ0n) is 13.1. The Morgan fingerprint density at radius 3 is 2.36 bits per heavy atom. The van der Waals surface area contributed by atoms with E-state index in [1.165, 1.54) is 11.3 Å². The van der Waals surface area contributed by atoms with E-state index in [0.29, 0.717) is 26.2 Å². The topological polar surface area (TPSA) is 57.7 Å². The van der Waals surface area contributed by atoms with Gasteiger partial charge in [-0.25, -0.2) is 0 Å². The van der Waals surface area contributed by atoms with E-state index in [9.17, 15) is 14.4 Å². The number of amides is 2. The van der Waals surface area contributed by atoms with Crippen molar-refractivity contribution >= 4 is 28.9 Å². The molecule has 2 heterocycles. The number of rotatable bonds is 4. The second-order valence-corrected chi connectivity index (χ2v) is 6.86. The molecule has 1 saturated heterocycles. The molecule has 1 aliphatic heterocycles. The van der Waals surface area contributed by atoms with Gasteiger partial charge in [-0.1, -0.05) is 0 Å². The van der Waals surface area contributed by atoms with Crippen molar-refractivity contribution in [3.63, 3.8) is 0 Å². The van der Waals surface area contributed by atoms with E-state index in [0.717, 1.165) is 16.2 Å². The minimum absolute atomic E-state index is 0.00651. The van der Waals surface area contributed by atoms with E-state index in [4.69, 9.17) is 0 Å². The van der Waals surface area contributed by atoms with Crippen LogP contribution in [0.4, 0.5) is 0 Å². The van der Waals surface area contributed by atoms with E-state index in [2.05, 4.69) is 0 Å². The van der Waals surface area contributed by atoms with Crippen LogP contribution in [0, 0.1) is 6.92 Å². The molecule has 120 valence electrons. The molecule has 0 N–H and O–H groups in total. The van der Waals surface area contributed by atoms with Gasteiger partial charge in [-0.2, -0.15) is 0 Å². The molecule has 0 atom stereocenters. The Morgan fingerprint density at radius 2 is 1.73 bits per heavy atom. The highest BCUT2D eigenvalue weighted by Crippen LogP contribution is 2.18. The van der Waals surface area contributed by atoms with Gasteiger partial charge in [-0.15, -0.1) is 11.3 Å². The van der Waals surface area contributed by atoms with E-state index in [-0.39, 0.29) is 30.4 Å². The fourth-order valence-corrected chi connectivity index (χ4v) is 3.40. The van der Waals surface area contributed by atoms with Crippen molar-refractivity contribution in [3.8, 4) is 0 Å². The lowest BCUT2D eigenvalue weighted by atomic mass is 10.1. The maximum atomic E-state index is 12.2. The van der Waals surface area contributed by atoms with Crippen molar-refractivity contribution in [3.05, 3.63) is 21.9 Å². The van der Waals surface area contributed by atoms with Crippen LogP contribution in [0.15, 0.2) is 12.1 Å². The van der Waals surface area contributed by atoms with Gasteiger partial charge < -0.3 is 9.80 Å². The van der Waals surface area contributed by atoms with Crippen molar-refractivity contribution in [2.75, 3.05) is 26.2 Å². The van der Waals surface area contributed by atoms with Crippen LogP contribution in [-0.4, -0.2) is 53.6 Å². The zero-order valence-corrected chi connectivity index (χ0v) is 13.9. The van der Waals surface area contributed by atoms with Crippen molar-refractivity contribution in [1.82, 2.24) is 9.80 Å². The predicted molar refractivity (Wildman–Crippen MR) is 86.1 cm³/mol. The van der Waals surface area contributed by atoms with Crippen LogP contribution < -0.4 is 0 Å². The molecule has 1 aromatic rings. The predicted octanol–water partition coefficient (Wildman–Crippen LogP) is 2.10. The van der Waals surface area contributed by atoms with Gasteiger partial charge in [0.05, 0.1) is 4.88 Å². The summed E-state index contributed by atoms with van der Waals surface area (Å²) in [4.78, 5) is 41.0. The van der Waals surface area contributed by atoms with Gasteiger partial charge in [-0.05, 0) is 25.5 Å². The van der Waals surface area contributed by atoms with Crippen molar-refractivity contribution in [2.24, 2.45) is 0 Å². The molecule has 0 saturated carbocycles. The van der Waals surface area contributed by atoms with Crippen LogP contribution >= 0.6 is 11.3 Å². The molecule has 0 aliphatic carbocycles. The lowest BCUT2D eigenvalue weighted by Gasteiger charge is -2.21. The summed E-state index contributed by atoms with van der Waals surface area (Å²) >= 11 is 1.47. The van der Waals surface area contributed by atoms with Crippen LogP contribution in [0.2, 0.25) is 0 Å². The van der Waals surface area contributed by atoms with Crippen LogP contribution in [0.1, 0.15) is 40.7 Å². The summed E-state index contributed by atoms with van der Waals surface area (Å²) in [7, 11) is 0. The SMILES string of the molecule is CC(=O)N1CCCN(C(=O)CCC(=O)c2ccc(C)s2)CC1. The Hall–Kier alpha value is -1.69. The largest absolute Gasteiger partial charge is 0.341 e. The minimum Gasteiger partial charge on any atom is -0.341 e. The average Bonchev–Trinajstić information content (AvgIpc) is 2.76. The molecular weight excluding hydrogens is 300 g/mol. The molecule has 22 heavy (non-hydrogen) atoms. The van der Waals surface area contributed by atoms with Gasteiger partial charge in [-0.3, -0.25) is 14.4 Å². The molecule has 1 aromatic heterocycles. The van der Waals surface area contributed by atoms with Gasteiger partial charge >= 0.3 is 0 Å². The van der Waals surface area contributed by atoms with Crippen LogP contribution in [0.5, 0.6) is 0 Å². The maximum Gasteiger partial charge on any atom is 0.223 e. The van der Waals surface area contributed by atoms with Crippen molar-refractivity contribution < 1.29 is 14.4 Å². The molecule has 5 nitrogen and oxygen atoms in total. The summed E-state index contributed by atoms with van der Waals surface area (Å²) in [5, 5.41) is 0. The Morgan fingerprint density at radius 1 is 1.05 bits per heavy atom. The molecule has 0 radical (unpaired) electrons. The number of hydrogen-bond donors (Lipinski definition) is 0. The van der Waals surface area contributed by atoms with E-state index in [1.807, 2.05) is 19.1 Å². The highest BCUT2D eigenvalue weighted by molar-refractivity contribution is 7.14. The van der Waals surface area contributed by atoms with Gasteiger partial charge in [0.2, 0.25) is 11.8 Å². The molecule has 0 unspecified atom stereocenters. The van der Waals surface area contributed by atoms with Crippen molar-refractivity contribution in [1.29, 1.82) is 0 Å². The second kappa shape index (κ2) is 7.54. The number of thiophene rings is 1. The molecule has 6 heteroatoms. The monoisotopic (exact) mass is 322 g/mol. The first-order valence-electron chi connectivity index (χ1n) is 7.60. The zero-order chi connectivity index (χ0) is 16.1. The van der Waals surface area contributed by atoms with Gasteiger partial charge in [0.1, 0.15) is 0 Å². The third-order valence-corrected chi connectivity index (χ3v) is 4.92. The number of nitrogens with zero attached hydrogens (tertiary/aromatic N) is 2. The van der Waals surface area contributed by atoms with Gasteiger partial charge in [0.25, 0.3) is 0 Å². The summed E-state index contributed by atoms with van der Waals surface area (Å²) in [5.41, 5.74) is 0. The molecule has 2 amide bonds. The normalized spacial score (nSPS) is 15.5. The molecule has 2 rings (SSSR count). The number of hydrogen-bond acceptors (Lipinski definition) is 4. The fourth-order valence-electron chi connectivity index (χ4n) is 2.57. The summed E-state index contributed by atoms with van der Waals surface area (Å²) in [6.07, 6.45) is 1.30. The van der Waals surface area contributed by atoms with Crippen LogP contribution in [-0.2, 0) is 9.59 Å². The maximum absolute atomic E-state index is 12.2. The third-order valence-electron chi connectivity index (χ3n) is 3.88. The molecule has 0 bridgehead atoms. The average molecular weight is 322 g/mol. The number of Topliss-reactive ketones (excluding diaryl/α,β-unsaturated/α-hetero) is 1. The second-order valence-electron chi connectivity index (χ2n) is 5.57. The van der Waals surface area contributed by atoms with E-state index >= 15 is 0 Å². The first kappa shape index (κ1) is 16.7. The lowest BCUT2D eigenvalue weighted by molar-refractivity contribution is -0.132. The van der Waals surface area contributed by atoms with Gasteiger partial charge in [0, 0.05) is 50.8 Å². The van der Waals surface area contributed by atoms with Crippen LogP contribution in [0.3, 0.4) is 0 Å². The third kappa shape index (κ3) is 4.40. The van der Waals surface area contributed by atoms with E-state index in [1.54, 1.807) is 16.7 Å². The highest BCUT2D eigenvalue weighted by Gasteiger charge is 2.21.